The van der Waals surface area contributed by atoms with Crippen molar-refractivity contribution in [3.63, 3.8) is 0 Å². The van der Waals surface area contributed by atoms with Crippen molar-refractivity contribution in [1.29, 1.82) is 0 Å². The van der Waals surface area contributed by atoms with Gasteiger partial charge in [0.25, 0.3) is 0 Å². The van der Waals surface area contributed by atoms with Gasteiger partial charge in [-0.25, -0.2) is 0 Å². The lowest BCUT2D eigenvalue weighted by atomic mass is 10.2. The zero-order valence-electron chi connectivity index (χ0n) is 6.24. The molecule has 1 aromatic carbocycles. The van der Waals surface area contributed by atoms with E-state index in [1.165, 1.54) is 0 Å². The maximum atomic E-state index is 6.76. The Morgan fingerprint density at radius 2 is 1.91 bits per heavy atom. The fourth-order valence-electron chi connectivity index (χ4n) is 0.713. The van der Waals surface area contributed by atoms with E-state index in [0.717, 1.165) is 5.56 Å². The quantitative estimate of drug-likeness (QED) is 0.515. The Balaban J connectivity index is 2.66. The fraction of sp³-hybridized carbons (Fsp3) is 0.143. The summed E-state index contributed by atoms with van der Waals surface area (Å²) >= 11 is 0. The number of benzene rings is 1. The maximum Gasteiger partial charge on any atom is 0.147 e. The predicted molar refractivity (Wildman–Crippen MR) is 42.2 cm³/mol. The first-order chi connectivity index (χ1) is 5.18. The molecule has 0 aliphatic heterocycles. The lowest BCUT2D eigenvalue weighted by molar-refractivity contribution is -0.00826. The van der Waals surface area contributed by atoms with Crippen LogP contribution in [0, 0.1) is 6.92 Å². The Morgan fingerprint density at radius 3 is 2.36 bits per heavy atom. The molecular formula is C7H10N3O-. The molecule has 1 rings (SSSR count). The second kappa shape index (κ2) is 3.34. The van der Waals surface area contributed by atoms with E-state index in [4.69, 9.17) is 16.5 Å². The molecule has 0 atom stereocenters. The normalized spacial score (nSPS) is 10.2. The van der Waals surface area contributed by atoms with Gasteiger partial charge in [-0.05, 0) is 19.1 Å². The number of nitrogens with one attached hydrogen (secondary N) is 1. The van der Waals surface area contributed by atoms with Crippen LogP contribution in [0.5, 0.6) is 5.75 Å². The summed E-state index contributed by atoms with van der Waals surface area (Å²) in [6.07, 6.45) is 0. The van der Waals surface area contributed by atoms with E-state index in [1.54, 1.807) is 12.1 Å². The SMILES string of the molecule is Cc1ccc(ON([NH-])N)cc1. The topological polar surface area (TPSA) is 62.3 Å². The van der Waals surface area contributed by atoms with E-state index in [1.807, 2.05) is 19.1 Å². The molecular weight excluding hydrogens is 142 g/mol. The second-order valence-corrected chi connectivity index (χ2v) is 2.23. The van der Waals surface area contributed by atoms with Gasteiger partial charge in [0.05, 0.1) is 0 Å². The molecule has 3 N–H and O–H groups in total. The van der Waals surface area contributed by atoms with E-state index < -0.39 is 0 Å². The number of aryl methyl sites for hydroxylation is 1. The van der Waals surface area contributed by atoms with Crippen molar-refractivity contribution < 1.29 is 4.84 Å². The number of hydrogen-bond acceptors (Lipinski definition) is 3. The number of hydrazine groups is 1. The molecule has 0 aliphatic carbocycles. The third-order valence-corrected chi connectivity index (χ3v) is 1.22. The lowest BCUT2D eigenvalue weighted by Gasteiger charge is -2.19. The van der Waals surface area contributed by atoms with Crippen molar-refractivity contribution in [2.75, 3.05) is 0 Å². The Bertz CT molecular complexity index is 220. The van der Waals surface area contributed by atoms with Crippen LogP contribution in [0.3, 0.4) is 0 Å². The van der Waals surface area contributed by atoms with Crippen LogP contribution in [0.1, 0.15) is 5.56 Å². The van der Waals surface area contributed by atoms with Crippen LogP contribution in [0.2, 0.25) is 0 Å². The van der Waals surface area contributed by atoms with Gasteiger partial charge in [-0.1, -0.05) is 17.7 Å². The van der Waals surface area contributed by atoms with Gasteiger partial charge < -0.3 is 10.7 Å². The molecule has 0 aromatic heterocycles. The molecule has 1 aromatic rings. The van der Waals surface area contributed by atoms with Crippen LogP contribution in [-0.2, 0) is 0 Å². The van der Waals surface area contributed by atoms with Crippen molar-refractivity contribution in [3.05, 3.63) is 35.7 Å². The highest BCUT2D eigenvalue weighted by atomic mass is 16.7. The van der Waals surface area contributed by atoms with E-state index in [-0.39, 0.29) is 0 Å². The Hall–Kier alpha value is -1.10. The summed E-state index contributed by atoms with van der Waals surface area (Å²) in [5.41, 5.74) is 1.14. The minimum atomic E-state index is 0.421. The summed E-state index contributed by atoms with van der Waals surface area (Å²) in [6, 6.07) is 7.28. The van der Waals surface area contributed by atoms with E-state index in [9.17, 15) is 0 Å². The summed E-state index contributed by atoms with van der Waals surface area (Å²) in [7, 11) is 0. The number of hydrogen-bond donors (Lipinski definition) is 1. The van der Waals surface area contributed by atoms with Crippen molar-refractivity contribution in [1.82, 2.24) is 5.28 Å². The van der Waals surface area contributed by atoms with Gasteiger partial charge in [0.2, 0.25) is 0 Å². The van der Waals surface area contributed by atoms with Crippen LogP contribution >= 0.6 is 0 Å². The van der Waals surface area contributed by atoms with Crippen LogP contribution in [0.25, 0.3) is 5.84 Å². The van der Waals surface area contributed by atoms with Gasteiger partial charge in [0, 0.05) is 0 Å². The molecule has 0 spiro atoms. The van der Waals surface area contributed by atoms with Gasteiger partial charge in [-0.15, -0.1) is 0 Å². The molecule has 60 valence electrons. The molecule has 4 heteroatoms. The third-order valence-electron chi connectivity index (χ3n) is 1.22. The molecule has 0 saturated carbocycles. The van der Waals surface area contributed by atoms with Crippen LogP contribution in [-0.4, -0.2) is 5.28 Å². The van der Waals surface area contributed by atoms with Crippen molar-refractivity contribution in [2.24, 2.45) is 5.84 Å². The average molecular weight is 152 g/mol. The van der Waals surface area contributed by atoms with Crippen LogP contribution in [0.15, 0.2) is 24.3 Å². The van der Waals surface area contributed by atoms with E-state index in [0.29, 0.717) is 11.0 Å². The molecule has 0 unspecified atom stereocenters. The predicted octanol–water partition coefficient (Wildman–Crippen LogP) is 1.43. The summed E-state index contributed by atoms with van der Waals surface area (Å²) in [4.78, 5) is 4.75. The van der Waals surface area contributed by atoms with Gasteiger partial charge in [0.1, 0.15) is 5.75 Å². The van der Waals surface area contributed by atoms with Gasteiger partial charge in [-0.2, -0.15) is 5.28 Å². The Labute approximate surface area is 65.2 Å². The molecule has 0 radical (unpaired) electrons. The van der Waals surface area contributed by atoms with Crippen molar-refractivity contribution in [2.45, 2.75) is 6.92 Å². The molecule has 0 saturated heterocycles. The number of rotatable bonds is 2. The molecule has 0 aliphatic rings. The molecule has 4 nitrogen and oxygen atoms in total. The van der Waals surface area contributed by atoms with E-state index in [2.05, 4.69) is 0 Å². The maximum absolute atomic E-state index is 6.76. The minimum absolute atomic E-state index is 0.421. The number of nitrogens with zero attached hydrogens (tertiary/aromatic N) is 1. The van der Waals surface area contributed by atoms with Crippen LogP contribution < -0.4 is 10.7 Å². The highest BCUT2D eigenvalue weighted by Gasteiger charge is 1.90. The lowest BCUT2D eigenvalue weighted by Crippen LogP contribution is -2.25. The summed E-state index contributed by atoms with van der Waals surface area (Å²) in [6.45, 7) is 1.98. The largest absolute Gasteiger partial charge is 0.558 e. The number of nitrogens with two attached hydrogens (primary N) is 1. The van der Waals surface area contributed by atoms with Gasteiger partial charge >= 0.3 is 0 Å². The Kier molecular flexibility index (Phi) is 2.43. The Morgan fingerprint density at radius 1 is 1.36 bits per heavy atom. The summed E-state index contributed by atoms with van der Waals surface area (Å²) in [5, 5.41) is 0.421. The monoisotopic (exact) mass is 152 g/mol. The van der Waals surface area contributed by atoms with Gasteiger partial charge in [0.15, 0.2) is 0 Å². The van der Waals surface area contributed by atoms with Crippen LogP contribution in [0.4, 0.5) is 0 Å². The molecule has 11 heavy (non-hydrogen) atoms. The highest BCUT2D eigenvalue weighted by molar-refractivity contribution is 5.25. The first kappa shape index (κ1) is 8.00. The summed E-state index contributed by atoms with van der Waals surface area (Å²) < 4.78 is 0. The fourth-order valence-corrected chi connectivity index (χ4v) is 0.713. The van der Waals surface area contributed by atoms with E-state index >= 15 is 0 Å². The zero-order chi connectivity index (χ0) is 8.27. The standard InChI is InChI=1S/C7H10N3O/c1-6-2-4-7(5-3-6)11-10(8)9/h2-5,8H,9H2,1H3/q-1. The second-order valence-electron chi connectivity index (χ2n) is 2.23. The molecule has 0 heterocycles. The molecule has 0 fully saturated rings. The highest BCUT2D eigenvalue weighted by Crippen LogP contribution is 2.11. The first-order valence-corrected chi connectivity index (χ1v) is 3.19. The van der Waals surface area contributed by atoms with Crippen molar-refractivity contribution in [3.8, 4) is 5.75 Å². The van der Waals surface area contributed by atoms with Crippen molar-refractivity contribution >= 4 is 0 Å². The average Bonchev–Trinajstić information content (AvgIpc) is 1.93. The minimum Gasteiger partial charge on any atom is -0.558 e. The smallest absolute Gasteiger partial charge is 0.147 e. The first-order valence-electron chi connectivity index (χ1n) is 3.19. The zero-order valence-corrected chi connectivity index (χ0v) is 6.24. The molecule has 0 bridgehead atoms. The third kappa shape index (κ3) is 2.55. The summed E-state index contributed by atoms with van der Waals surface area (Å²) in [5.74, 6) is 12.3. The van der Waals surface area contributed by atoms with Gasteiger partial charge in [-0.3, -0.25) is 5.84 Å². The molecule has 0 amide bonds.